The van der Waals surface area contributed by atoms with Crippen LogP contribution in [-0.2, 0) is 11.0 Å². The molecular formula is C26H29F3N4O4. The molecule has 0 bridgehead atoms. The lowest BCUT2D eigenvalue weighted by Crippen LogP contribution is -2.47. The predicted octanol–water partition coefficient (Wildman–Crippen LogP) is 4.18. The molecule has 2 aliphatic heterocycles. The van der Waals surface area contributed by atoms with Gasteiger partial charge in [-0.05, 0) is 63.1 Å². The van der Waals surface area contributed by atoms with Crippen LogP contribution in [0.4, 0.5) is 18.9 Å². The number of likely N-dealkylation sites (tertiary alicyclic amines) is 1. The van der Waals surface area contributed by atoms with Crippen LogP contribution in [-0.4, -0.2) is 60.8 Å². The van der Waals surface area contributed by atoms with Crippen molar-refractivity contribution in [3.05, 3.63) is 53.1 Å². The van der Waals surface area contributed by atoms with Gasteiger partial charge in [0, 0.05) is 29.9 Å². The van der Waals surface area contributed by atoms with Gasteiger partial charge in [0.1, 0.15) is 0 Å². The quantitative estimate of drug-likeness (QED) is 0.599. The Balaban J connectivity index is 1.50. The van der Waals surface area contributed by atoms with Crippen LogP contribution in [0, 0.1) is 5.41 Å². The van der Waals surface area contributed by atoms with Crippen molar-refractivity contribution in [3.8, 4) is 11.5 Å². The molecule has 2 amide bonds. The number of hydrogen-bond acceptors (Lipinski definition) is 6. The maximum absolute atomic E-state index is 13.3. The van der Waals surface area contributed by atoms with Gasteiger partial charge in [0.15, 0.2) is 11.5 Å². The van der Waals surface area contributed by atoms with Crippen molar-refractivity contribution in [1.29, 1.82) is 0 Å². The first-order chi connectivity index (χ1) is 17.4. The Kier molecular flexibility index (Phi) is 6.83. The molecule has 2 aliphatic rings. The van der Waals surface area contributed by atoms with Gasteiger partial charge in [-0.15, -0.1) is 0 Å². The molecule has 11 heteroatoms. The fourth-order valence-electron chi connectivity index (χ4n) is 4.75. The molecule has 1 saturated heterocycles. The van der Waals surface area contributed by atoms with Gasteiger partial charge in [-0.2, -0.15) is 18.3 Å². The highest BCUT2D eigenvalue weighted by atomic mass is 19.4. The number of benzene rings is 2. The number of anilines is 1. The second-order valence-corrected chi connectivity index (χ2v) is 9.62. The lowest BCUT2D eigenvalue weighted by atomic mass is 9.83. The summed E-state index contributed by atoms with van der Waals surface area (Å²) in [5.41, 5.74) is 4.36. The Bertz CT molecular complexity index is 1250. The maximum Gasteiger partial charge on any atom is 0.418 e. The molecule has 0 aliphatic carbocycles. The number of carbonyl (C=O) groups excluding carboxylic acids is 2. The molecule has 198 valence electrons. The van der Waals surface area contributed by atoms with E-state index in [0.29, 0.717) is 30.1 Å². The van der Waals surface area contributed by atoms with Crippen molar-refractivity contribution in [1.82, 2.24) is 9.91 Å². The molecule has 2 aromatic carbocycles. The summed E-state index contributed by atoms with van der Waals surface area (Å²) in [7, 11) is 3.07. The minimum Gasteiger partial charge on any atom is -0.493 e. The highest BCUT2D eigenvalue weighted by molar-refractivity contribution is 6.19. The summed E-state index contributed by atoms with van der Waals surface area (Å²) in [4.78, 5) is 27.8. The first kappa shape index (κ1) is 26.3. The number of amides is 2. The van der Waals surface area contributed by atoms with Gasteiger partial charge in [0.2, 0.25) is 0 Å². The van der Waals surface area contributed by atoms with Crippen LogP contribution in [0.15, 0.2) is 41.5 Å². The number of rotatable bonds is 5. The summed E-state index contributed by atoms with van der Waals surface area (Å²) in [6.07, 6.45) is -3.77. The number of alkyl halides is 3. The molecule has 0 saturated carbocycles. The van der Waals surface area contributed by atoms with E-state index < -0.39 is 28.7 Å². The van der Waals surface area contributed by atoms with E-state index in [1.54, 1.807) is 19.2 Å². The number of piperidine rings is 1. The molecular weight excluding hydrogens is 489 g/mol. The number of nitrogen functional groups attached to an aromatic ring is 1. The zero-order chi connectivity index (χ0) is 27.1. The van der Waals surface area contributed by atoms with Gasteiger partial charge in [0.05, 0.1) is 37.0 Å². The number of nitrogens with two attached hydrogens (primary N) is 1. The van der Waals surface area contributed by atoms with Crippen molar-refractivity contribution >= 4 is 23.2 Å². The zero-order valence-electron chi connectivity index (χ0n) is 21.1. The van der Waals surface area contributed by atoms with Crippen molar-refractivity contribution < 1.29 is 32.2 Å². The minimum atomic E-state index is -4.65. The molecule has 2 N–H and O–H groups in total. The van der Waals surface area contributed by atoms with Crippen LogP contribution in [0.1, 0.15) is 48.2 Å². The molecule has 2 aromatic rings. The van der Waals surface area contributed by atoms with Crippen molar-refractivity contribution in [3.63, 3.8) is 0 Å². The van der Waals surface area contributed by atoms with Crippen LogP contribution in [0.3, 0.4) is 0 Å². The smallest absolute Gasteiger partial charge is 0.418 e. The van der Waals surface area contributed by atoms with Gasteiger partial charge in [0.25, 0.3) is 11.8 Å². The third kappa shape index (κ3) is 4.82. The Morgan fingerprint density at radius 2 is 1.70 bits per heavy atom. The summed E-state index contributed by atoms with van der Waals surface area (Å²) in [6.45, 7) is 4.17. The topological polar surface area (TPSA) is 97.5 Å². The van der Waals surface area contributed by atoms with E-state index >= 15 is 0 Å². The third-order valence-electron chi connectivity index (χ3n) is 6.90. The average Bonchev–Trinajstić information content (AvgIpc) is 3.11. The van der Waals surface area contributed by atoms with Crippen LogP contribution < -0.4 is 15.2 Å². The second kappa shape index (κ2) is 9.60. The third-order valence-corrected chi connectivity index (χ3v) is 6.90. The first-order valence-corrected chi connectivity index (χ1v) is 11.8. The SMILES string of the molecule is COc1ccc(C2=NN(C3CCN(C(=O)c4ccc(N)c(C(F)(F)F)c4)CC3)C(=O)C2(C)C)cc1OC. The molecule has 37 heavy (non-hydrogen) atoms. The monoisotopic (exact) mass is 518 g/mol. The van der Waals surface area contributed by atoms with Gasteiger partial charge >= 0.3 is 6.18 Å². The fraction of sp³-hybridized carbons (Fsp3) is 0.423. The lowest BCUT2D eigenvalue weighted by Gasteiger charge is -2.35. The Morgan fingerprint density at radius 1 is 1.05 bits per heavy atom. The van der Waals surface area contributed by atoms with Crippen molar-refractivity contribution in [2.24, 2.45) is 10.5 Å². The number of nitrogens with zero attached hydrogens (tertiary/aromatic N) is 3. The van der Waals surface area contributed by atoms with Crippen molar-refractivity contribution in [2.75, 3.05) is 33.0 Å². The molecule has 2 heterocycles. The van der Waals surface area contributed by atoms with Gasteiger partial charge in [-0.3, -0.25) is 9.59 Å². The lowest BCUT2D eigenvalue weighted by molar-refractivity contribution is -0.138. The largest absolute Gasteiger partial charge is 0.493 e. The molecule has 4 rings (SSSR count). The molecule has 1 fully saturated rings. The number of halogens is 3. The Morgan fingerprint density at radius 3 is 2.30 bits per heavy atom. The zero-order valence-corrected chi connectivity index (χ0v) is 21.1. The summed E-state index contributed by atoms with van der Waals surface area (Å²) in [5, 5.41) is 6.17. The van der Waals surface area contributed by atoms with Crippen LogP contribution >= 0.6 is 0 Å². The van der Waals surface area contributed by atoms with Gasteiger partial charge in [-0.1, -0.05) is 0 Å². The van der Waals surface area contributed by atoms with E-state index in [2.05, 4.69) is 5.10 Å². The highest BCUT2D eigenvalue weighted by Crippen LogP contribution is 2.38. The molecule has 0 spiro atoms. The summed E-state index contributed by atoms with van der Waals surface area (Å²) >= 11 is 0. The van der Waals surface area contributed by atoms with E-state index in [1.165, 1.54) is 23.1 Å². The second-order valence-electron chi connectivity index (χ2n) is 9.62. The van der Waals surface area contributed by atoms with Gasteiger partial charge in [-0.25, -0.2) is 5.01 Å². The Labute approximate surface area is 212 Å². The van der Waals surface area contributed by atoms with E-state index in [4.69, 9.17) is 15.2 Å². The van der Waals surface area contributed by atoms with Crippen molar-refractivity contribution in [2.45, 2.75) is 38.9 Å². The normalized spacial score (nSPS) is 18.1. The van der Waals surface area contributed by atoms with Crippen LogP contribution in [0.25, 0.3) is 0 Å². The molecule has 0 atom stereocenters. The standard InChI is InChI=1S/C26H29F3N4O4/c1-25(2)22(15-6-8-20(36-3)21(14-15)37-4)31-33(24(25)35)17-9-11-32(12-10-17)23(34)16-5-7-19(30)18(13-16)26(27,28)29/h5-8,13-14,17H,9-12,30H2,1-4H3. The average molecular weight is 519 g/mol. The van der Waals surface area contributed by atoms with E-state index in [1.807, 2.05) is 19.9 Å². The van der Waals surface area contributed by atoms with E-state index in [-0.39, 0.29) is 30.6 Å². The number of hydrogen-bond donors (Lipinski definition) is 1. The molecule has 8 nitrogen and oxygen atoms in total. The maximum atomic E-state index is 13.3. The van der Waals surface area contributed by atoms with Gasteiger partial charge < -0.3 is 20.1 Å². The van der Waals surface area contributed by atoms with E-state index in [9.17, 15) is 22.8 Å². The minimum absolute atomic E-state index is 0.0767. The predicted molar refractivity (Wildman–Crippen MR) is 131 cm³/mol. The number of hydrazone groups is 1. The fourth-order valence-corrected chi connectivity index (χ4v) is 4.75. The Hall–Kier alpha value is -3.76. The van der Waals surface area contributed by atoms with Crippen LogP contribution in [0.5, 0.6) is 11.5 Å². The number of ether oxygens (including phenoxy) is 2. The summed E-state index contributed by atoms with van der Waals surface area (Å²) in [5.74, 6) is 0.417. The van der Waals surface area contributed by atoms with E-state index in [0.717, 1.165) is 17.7 Å². The highest BCUT2D eigenvalue weighted by Gasteiger charge is 2.47. The molecule has 0 aromatic heterocycles. The summed E-state index contributed by atoms with van der Waals surface area (Å²) in [6, 6.07) is 8.29. The van der Waals surface area contributed by atoms with Crippen LogP contribution in [0.2, 0.25) is 0 Å². The first-order valence-electron chi connectivity index (χ1n) is 11.8. The number of methoxy groups -OCH3 is 2. The molecule has 0 unspecified atom stereocenters. The summed E-state index contributed by atoms with van der Waals surface area (Å²) < 4.78 is 50.4. The molecule has 0 radical (unpaired) electrons. The number of carbonyl (C=O) groups is 2.